The largest absolute Gasteiger partial charge is 0.472 e. The third-order valence-electron chi connectivity index (χ3n) is 4.61. The molecular formula is C17H26N4O. The van der Waals surface area contributed by atoms with E-state index in [9.17, 15) is 0 Å². The molecule has 1 aromatic rings. The fourth-order valence-corrected chi connectivity index (χ4v) is 3.39. The van der Waals surface area contributed by atoms with Crippen LogP contribution in [0.15, 0.2) is 29.4 Å². The van der Waals surface area contributed by atoms with Crippen LogP contribution in [-0.2, 0) is 0 Å². The zero-order valence-electron chi connectivity index (χ0n) is 13.4. The molecule has 1 unspecified atom stereocenters. The van der Waals surface area contributed by atoms with E-state index in [4.69, 9.17) is 4.74 Å². The highest BCUT2D eigenvalue weighted by molar-refractivity contribution is 5.80. The highest BCUT2D eigenvalue weighted by Crippen LogP contribution is 2.24. The van der Waals surface area contributed by atoms with Crippen molar-refractivity contribution in [1.29, 1.82) is 0 Å². The molecule has 1 aliphatic heterocycles. The van der Waals surface area contributed by atoms with Gasteiger partial charge in [-0.15, -0.1) is 0 Å². The molecule has 1 aromatic heterocycles. The number of likely N-dealkylation sites (tertiary alicyclic amines) is 1. The maximum absolute atomic E-state index is 5.94. The zero-order valence-corrected chi connectivity index (χ0v) is 13.4. The van der Waals surface area contributed by atoms with Gasteiger partial charge in [0.25, 0.3) is 0 Å². The number of nitrogens with one attached hydrogen (secondary N) is 1. The average molecular weight is 302 g/mol. The minimum Gasteiger partial charge on any atom is -0.472 e. The van der Waals surface area contributed by atoms with Crippen molar-refractivity contribution in [1.82, 2.24) is 15.2 Å². The van der Waals surface area contributed by atoms with Crippen LogP contribution in [-0.4, -0.2) is 48.6 Å². The van der Waals surface area contributed by atoms with E-state index >= 15 is 0 Å². The van der Waals surface area contributed by atoms with Gasteiger partial charge >= 0.3 is 0 Å². The molecule has 2 aliphatic rings. The number of hydrogen-bond acceptors (Lipinski definition) is 3. The molecule has 3 rings (SSSR count). The lowest BCUT2D eigenvalue weighted by atomic mass is 10.1. The molecule has 22 heavy (non-hydrogen) atoms. The molecule has 1 atom stereocenters. The Balaban J connectivity index is 1.47. The number of hydrogen-bond donors (Lipinski definition) is 1. The summed E-state index contributed by atoms with van der Waals surface area (Å²) in [4.78, 5) is 11.0. The first-order valence-electron chi connectivity index (χ1n) is 8.38. The summed E-state index contributed by atoms with van der Waals surface area (Å²) in [6.45, 7) is 2.91. The van der Waals surface area contributed by atoms with Gasteiger partial charge in [-0.25, -0.2) is 4.98 Å². The van der Waals surface area contributed by atoms with E-state index in [-0.39, 0.29) is 6.10 Å². The summed E-state index contributed by atoms with van der Waals surface area (Å²) in [6.07, 6.45) is 8.46. The fourth-order valence-electron chi connectivity index (χ4n) is 3.39. The van der Waals surface area contributed by atoms with Crippen molar-refractivity contribution in [3.63, 3.8) is 0 Å². The minimum atomic E-state index is 0.194. The first-order valence-corrected chi connectivity index (χ1v) is 8.38. The van der Waals surface area contributed by atoms with Gasteiger partial charge in [0.15, 0.2) is 5.96 Å². The first kappa shape index (κ1) is 15.1. The number of nitrogens with zero attached hydrogens (tertiary/aromatic N) is 3. The molecule has 0 bridgehead atoms. The van der Waals surface area contributed by atoms with Crippen molar-refractivity contribution in [3.8, 4) is 5.88 Å². The Bertz CT molecular complexity index is 485. The molecule has 1 aliphatic carbocycles. The van der Waals surface area contributed by atoms with Crippen LogP contribution in [0.5, 0.6) is 5.88 Å². The van der Waals surface area contributed by atoms with Crippen molar-refractivity contribution in [2.75, 3.05) is 26.7 Å². The van der Waals surface area contributed by atoms with Crippen molar-refractivity contribution in [2.45, 2.75) is 38.2 Å². The van der Waals surface area contributed by atoms with E-state index in [0.717, 1.165) is 37.9 Å². The number of pyridine rings is 1. The Morgan fingerprint density at radius 1 is 1.36 bits per heavy atom. The van der Waals surface area contributed by atoms with Gasteiger partial charge in [-0.1, -0.05) is 18.9 Å². The quantitative estimate of drug-likeness (QED) is 0.685. The van der Waals surface area contributed by atoms with E-state index in [1.165, 1.54) is 25.7 Å². The average Bonchev–Trinajstić information content (AvgIpc) is 3.21. The van der Waals surface area contributed by atoms with E-state index in [1.54, 1.807) is 6.20 Å². The van der Waals surface area contributed by atoms with Crippen LogP contribution in [0.3, 0.4) is 0 Å². The molecule has 2 fully saturated rings. The molecule has 0 amide bonds. The summed E-state index contributed by atoms with van der Waals surface area (Å²) in [5.74, 6) is 2.54. The Kier molecular flexibility index (Phi) is 5.14. The van der Waals surface area contributed by atoms with Gasteiger partial charge in [0.1, 0.15) is 6.10 Å². The van der Waals surface area contributed by atoms with Gasteiger partial charge in [0.2, 0.25) is 5.88 Å². The summed E-state index contributed by atoms with van der Waals surface area (Å²) < 4.78 is 5.94. The summed E-state index contributed by atoms with van der Waals surface area (Å²) in [7, 11) is 1.86. The predicted octanol–water partition coefficient (Wildman–Crippen LogP) is 2.30. The summed E-state index contributed by atoms with van der Waals surface area (Å²) >= 11 is 0. The van der Waals surface area contributed by atoms with Gasteiger partial charge in [0, 0.05) is 38.8 Å². The van der Waals surface area contributed by atoms with E-state index in [0.29, 0.717) is 5.88 Å². The van der Waals surface area contributed by atoms with Gasteiger partial charge in [-0.05, 0) is 24.8 Å². The van der Waals surface area contributed by atoms with Crippen molar-refractivity contribution in [2.24, 2.45) is 10.9 Å². The second-order valence-corrected chi connectivity index (χ2v) is 6.22. The van der Waals surface area contributed by atoms with Gasteiger partial charge in [-0.2, -0.15) is 0 Å². The molecular weight excluding hydrogens is 276 g/mol. The van der Waals surface area contributed by atoms with Crippen molar-refractivity contribution >= 4 is 5.96 Å². The van der Waals surface area contributed by atoms with Crippen LogP contribution in [0.1, 0.15) is 32.1 Å². The van der Waals surface area contributed by atoms with Gasteiger partial charge in [0.05, 0.1) is 6.54 Å². The van der Waals surface area contributed by atoms with Gasteiger partial charge < -0.3 is 15.0 Å². The number of guanidine groups is 1. The molecule has 2 heterocycles. The van der Waals surface area contributed by atoms with E-state index in [1.807, 2.05) is 25.2 Å². The second kappa shape index (κ2) is 7.47. The normalized spacial score (nSPS) is 23.0. The monoisotopic (exact) mass is 302 g/mol. The maximum atomic E-state index is 5.94. The number of aliphatic imine (C=N–C) groups is 1. The lowest BCUT2D eigenvalue weighted by Gasteiger charge is -2.23. The summed E-state index contributed by atoms with van der Waals surface area (Å²) in [5.41, 5.74) is 0. The standard InChI is InChI=1S/C17H26N4O/c1-18-17(20-12-14-6-2-3-7-14)21-11-9-15(13-21)22-16-8-4-5-10-19-16/h4-5,8,10,14-15H,2-3,6-7,9,11-13H2,1H3,(H,18,20). The van der Waals surface area contributed by atoms with Crippen molar-refractivity contribution in [3.05, 3.63) is 24.4 Å². The third-order valence-corrected chi connectivity index (χ3v) is 4.61. The zero-order chi connectivity index (χ0) is 15.2. The highest BCUT2D eigenvalue weighted by atomic mass is 16.5. The van der Waals surface area contributed by atoms with Crippen molar-refractivity contribution < 1.29 is 4.74 Å². The highest BCUT2D eigenvalue weighted by Gasteiger charge is 2.27. The molecule has 1 saturated heterocycles. The van der Waals surface area contributed by atoms with Crippen LogP contribution < -0.4 is 10.1 Å². The summed E-state index contributed by atoms with van der Waals surface area (Å²) in [6, 6.07) is 5.77. The number of aromatic nitrogens is 1. The van der Waals surface area contributed by atoms with Crippen LogP contribution in [0.2, 0.25) is 0 Å². The number of ether oxygens (including phenoxy) is 1. The SMILES string of the molecule is CN=C(NCC1CCCC1)N1CCC(Oc2ccccn2)C1. The van der Waals surface area contributed by atoms with E-state index in [2.05, 4.69) is 20.2 Å². The molecule has 0 radical (unpaired) electrons. The Hall–Kier alpha value is -1.78. The predicted molar refractivity (Wildman–Crippen MR) is 88.2 cm³/mol. The molecule has 120 valence electrons. The maximum Gasteiger partial charge on any atom is 0.213 e. The molecule has 1 saturated carbocycles. The molecule has 1 N–H and O–H groups in total. The smallest absolute Gasteiger partial charge is 0.213 e. The topological polar surface area (TPSA) is 49.8 Å². The lowest BCUT2D eigenvalue weighted by Crippen LogP contribution is -2.42. The third kappa shape index (κ3) is 3.90. The van der Waals surface area contributed by atoms with E-state index < -0.39 is 0 Å². The Morgan fingerprint density at radius 3 is 2.95 bits per heavy atom. The molecule has 0 spiro atoms. The first-order chi connectivity index (χ1) is 10.8. The molecule has 5 heteroatoms. The van der Waals surface area contributed by atoms with Crippen LogP contribution in [0, 0.1) is 5.92 Å². The van der Waals surface area contributed by atoms with Gasteiger partial charge in [-0.3, -0.25) is 4.99 Å². The Morgan fingerprint density at radius 2 is 2.23 bits per heavy atom. The fraction of sp³-hybridized carbons (Fsp3) is 0.647. The minimum absolute atomic E-state index is 0.194. The Labute approximate surface area is 132 Å². The lowest BCUT2D eigenvalue weighted by molar-refractivity contribution is 0.205. The van der Waals surface area contributed by atoms with Crippen LogP contribution in [0.25, 0.3) is 0 Å². The number of rotatable bonds is 4. The summed E-state index contributed by atoms with van der Waals surface area (Å²) in [5, 5.41) is 3.54. The van der Waals surface area contributed by atoms with Crippen LogP contribution >= 0.6 is 0 Å². The molecule has 5 nitrogen and oxygen atoms in total. The van der Waals surface area contributed by atoms with Crippen LogP contribution in [0.4, 0.5) is 0 Å². The molecule has 0 aromatic carbocycles. The second-order valence-electron chi connectivity index (χ2n) is 6.22.